The topological polar surface area (TPSA) is 75.2 Å². The molecule has 2 aromatic rings. The van der Waals surface area contributed by atoms with Gasteiger partial charge in [-0.1, -0.05) is 34.8 Å². The highest BCUT2D eigenvalue weighted by atomic mass is 35.5. The fraction of sp³-hybridized carbons (Fsp3) is 0.381. The van der Waals surface area contributed by atoms with Crippen LogP contribution in [0.1, 0.15) is 10.4 Å². The highest BCUT2D eigenvalue weighted by Crippen LogP contribution is 2.32. The van der Waals surface area contributed by atoms with Gasteiger partial charge in [-0.25, -0.2) is 14.2 Å². The highest BCUT2D eigenvalue weighted by molar-refractivity contribution is 6.42. The van der Waals surface area contributed by atoms with Gasteiger partial charge in [-0.2, -0.15) is 0 Å². The van der Waals surface area contributed by atoms with E-state index in [0.29, 0.717) is 42.7 Å². The predicted molar refractivity (Wildman–Crippen MR) is 123 cm³/mol. The monoisotopic (exact) mass is 516 g/mol. The van der Waals surface area contributed by atoms with Gasteiger partial charge in [0.2, 0.25) is 0 Å². The zero-order valence-corrected chi connectivity index (χ0v) is 19.8. The van der Waals surface area contributed by atoms with Gasteiger partial charge in [-0.05, 0) is 24.3 Å². The second-order valence-corrected chi connectivity index (χ2v) is 8.74. The Hall–Kier alpha value is -2.33. The van der Waals surface area contributed by atoms with Crippen LogP contribution >= 0.6 is 34.8 Å². The first kappa shape index (κ1) is 23.8. The Morgan fingerprint density at radius 3 is 2.58 bits per heavy atom. The summed E-state index contributed by atoms with van der Waals surface area (Å²) in [6.45, 7) is 1.95. The summed E-state index contributed by atoms with van der Waals surface area (Å²) in [6.07, 6.45) is -0.582. The van der Waals surface area contributed by atoms with E-state index < -0.39 is 17.8 Å². The molecule has 0 aliphatic carbocycles. The SMILES string of the molecule is COC[C@@H]1COC(=O)N1c1ccc(C(=O)N2CCN(c3nc(Cl)c(Cl)cc3Cl)CC2)c(F)c1. The molecule has 1 aromatic carbocycles. The van der Waals surface area contributed by atoms with E-state index in [1.807, 2.05) is 4.90 Å². The van der Waals surface area contributed by atoms with Gasteiger partial charge in [0, 0.05) is 33.3 Å². The van der Waals surface area contributed by atoms with E-state index in [0.717, 1.165) is 6.07 Å². The zero-order chi connectivity index (χ0) is 23.7. The number of carbonyl (C=O) groups is 2. The minimum atomic E-state index is -0.718. The number of carbonyl (C=O) groups excluding carboxylic acids is 2. The molecule has 0 N–H and O–H groups in total. The van der Waals surface area contributed by atoms with Crippen LogP contribution in [0.15, 0.2) is 24.3 Å². The normalized spacial score (nSPS) is 18.6. The molecule has 176 valence electrons. The standard InChI is InChI=1S/C21H20Cl3FN4O4/c1-32-10-13-11-33-21(31)29(13)12-2-3-14(17(25)8-12)20(30)28-6-4-27(5-7-28)19-16(23)9-15(22)18(24)26-19/h2-3,8-9,13H,4-7,10-11H2,1H3/t13-/m1/s1. The van der Waals surface area contributed by atoms with Crippen LogP contribution in [-0.4, -0.2) is 74.4 Å². The summed E-state index contributed by atoms with van der Waals surface area (Å²) in [5.74, 6) is -0.675. The summed E-state index contributed by atoms with van der Waals surface area (Å²) in [5, 5.41) is 0.762. The van der Waals surface area contributed by atoms with Crippen LogP contribution in [-0.2, 0) is 9.47 Å². The van der Waals surface area contributed by atoms with E-state index in [1.54, 1.807) is 4.90 Å². The molecule has 2 saturated heterocycles. The summed E-state index contributed by atoms with van der Waals surface area (Å²) >= 11 is 18.2. The molecule has 2 amide bonds. The van der Waals surface area contributed by atoms with E-state index in [1.165, 1.54) is 30.2 Å². The summed E-state index contributed by atoms with van der Waals surface area (Å²) in [6, 6.07) is 5.24. The molecule has 0 saturated carbocycles. The number of amides is 2. The van der Waals surface area contributed by atoms with Gasteiger partial charge < -0.3 is 19.3 Å². The van der Waals surface area contributed by atoms with Gasteiger partial charge in [0.25, 0.3) is 5.91 Å². The number of hydrogen-bond donors (Lipinski definition) is 0. The number of anilines is 2. The average Bonchev–Trinajstić information content (AvgIpc) is 3.16. The van der Waals surface area contributed by atoms with Crippen molar-refractivity contribution in [3.63, 3.8) is 0 Å². The lowest BCUT2D eigenvalue weighted by Crippen LogP contribution is -2.49. The number of pyridine rings is 1. The number of methoxy groups -OCH3 is 1. The summed E-state index contributed by atoms with van der Waals surface area (Å²) in [7, 11) is 1.51. The molecule has 2 aliphatic heterocycles. The number of hydrogen-bond acceptors (Lipinski definition) is 6. The number of piperazine rings is 1. The van der Waals surface area contributed by atoms with Crippen LogP contribution in [0.4, 0.5) is 20.7 Å². The van der Waals surface area contributed by atoms with Crippen molar-refractivity contribution in [3.8, 4) is 0 Å². The van der Waals surface area contributed by atoms with Crippen molar-refractivity contribution in [2.75, 3.05) is 56.3 Å². The maximum Gasteiger partial charge on any atom is 0.414 e. The fourth-order valence-corrected chi connectivity index (χ4v) is 4.48. The third kappa shape index (κ3) is 4.82. The quantitative estimate of drug-likeness (QED) is 0.556. The summed E-state index contributed by atoms with van der Waals surface area (Å²) in [4.78, 5) is 34.0. The first-order chi connectivity index (χ1) is 15.8. The number of nitrogens with zero attached hydrogens (tertiary/aromatic N) is 4. The van der Waals surface area contributed by atoms with Crippen LogP contribution in [0, 0.1) is 5.82 Å². The van der Waals surface area contributed by atoms with Crippen LogP contribution in [0.2, 0.25) is 15.2 Å². The van der Waals surface area contributed by atoms with Crippen molar-refractivity contribution in [3.05, 3.63) is 50.8 Å². The Bertz CT molecular complexity index is 1080. The van der Waals surface area contributed by atoms with E-state index >= 15 is 0 Å². The van der Waals surface area contributed by atoms with Gasteiger partial charge in [0.15, 0.2) is 0 Å². The van der Waals surface area contributed by atoms with Gasteiger partial charge in [0.1, 0.15) is 23.4 Å². The smallest absolute Gasteiger partial charge is 0.414 e. The molecule has 1 aromatic heterocycles. The van der Waals surface area contributed by atoms with Crippen molar-refractivity contribution < 1.29 is 23.5 Å². The van der Waals surface area contributed by atoms with Gasteiger partial charge in [0.05, 0.1) is 33.9 Å². The Kier molecular flexibility index (Phi) is 7.13. The minimum Gasteiger partial charge on any atom is -0.447 e. The molecule has 0 unspecified atom stereocenters. The molecule has 1 atom stereocenters. The molecule has 0 spiro atoms. The summed E-state index contributed by atoms with van der Waals surface area (Å²) < 4.78 is 25.0. The molecule has 4 rings (SSSR count). The third-order valence-corrected chi connectivity index (χ3v) is 6.47. The van der Waals surface area contributed by atoms with E-state index in [-0.39, 0.29) is 35.0 Å². The molecular formula is C21H20Cl3FN4O4. The number of aromatic nitrogens is 1. The number of cyclic esters (lactones) is 1. The molecule has 2 fully saturated rings. The fourth-order valence-electron chi connectivity index (χ4n) is 3.87. The van der Waals surface area contributed by atoms with Gasteiger partial charge in [-0.15, -0.1) is 0 Å². The van der Waals surface area contributed by atoms with Gasteiger partial charge >= 0.3 is 6.09 Å². The first-order valence-electron chi connectivity index (χ1n) is 10.1. The third-order valence-electron chi connectivity index (χ3n) is 5.52. The lowest BCUT2D eigenvalue weighted by molar-refractivity contribution is 0.0742. The van der Waals surface area contributed by atoms with Gasteiger partial charge in [-0.3, -0.25) is 9.69 Å². The largest absolute Gasteiger partial charge is 0.447 e. The number of rotatable bonds is 5. The van der Waals surface area contributed by atoms with Crippen LogP contribution in [0.5, 0.6) is 0 Å². The lowest BCUT2D eigenvalue weighted by atomic mass is 10.1. The molecule has 33 heavy (non-hydrogen) atoms. The van der Waals surface area contributed by atoms with Crippen molar-refractivity contribution in [2.24, 2.45) is 0 Å². The maximum absolute atomic E-state index is 14.9. The van der Waals surface area contributed by atoms with Crippen molar-refractivity contribution in [1.29, 1.82) is 0 Å². The van der Waals surface area contributed by atoms with Crippen LogP contribution < -0.4 is 9.80 Å². The average molecular weight is 518 g/mol. The Labute approximate surface area is 204 Å². The first-order valence-corrected chi connectivity index (χ1v) is 11.2. The molecule has 2 aliphatic rings. The lowest BCUT2D eigenvalue weighted by Gasteiger charge is -2.36. The number of benzene rings is 1. The van der Waals surface area contributed by atoms with Crippen LogP contribution in [0.25, 0.3) is 0 Å². The molecule has 0 bridgehead atoms. The maximum atomic E-state index is 14.9. The minimum absolute atomic E-state index is 0.0752. The molecular weight excluding hydrogens is 498 g/mol. The number of ether oxygens (including phenoxy) is 2. The Morgan fingerprint density at radius 1 is 1.18 bits per heavy atom. The van der Waals surface area contributed by atoms with E-state index in [9.17, 15) is 14.0 Å². The Morgan fingerprint density at radius 2 is 1.91 bits per heavy atom. The molecule has 3 heterocycles. The van der Waals surface area contributed by atoms with Crippen LogP contribution in [0.3, 0.4) is 0 Å². The molecule has 0 radical (unpaired) electrons. The summed E-state index contributed by atoms with van der Waals surface area (Å²) in [5.41, 5.74) is 0.229. The van der Waals surface area contributed by atoms with E-state index in [4.69, 9.17) is 44.3 Å². The number of halogens is 4. The highest BCUT2D eigenvalue weighted by Gasteiger charge is 2.35. The zero-order valence-electron chi connectivity index (χ0n) is 17.6. The van der Waals surface area contributed by atoms with Crippen molar-refractivity contribution in [1.82, 2.24) is 9.88 Å². The van der Waals surface area contributed by atoms with Crippen molar-refractivity contribution >= 4 is 58.3 Å². The van der Waals surface area contributed by atoms with Crippen molar-refractivity contribution in [2.45, 2.75) is 6.04 Å². The Balaban J connectivity index is 1.45. The molecule has 12 heteroatoms. The second-order valence-electron chi connectivity index (χ2n) is 7.57. The predicted octanol–water partition coefficient (Wildman–Crippen LogP) is 4.11. The second kappa shape index (κ2) is 9.89. The van der Waals surface area contributed by atoms with E-state index in [2.05, 4.69) is 4.98 Å². The molecule has 8 nitrogen and oxygen atoms in total.